The summed E-state index contributed by atoms with van der Waals surface area (Å²) in [5.41, 5.74) is 1.95. The number of methoxy groups -OCH3 is 1. The van der Waals surface area contributed by atoms with Gasteiger partial charge in [0.1, 0.15) is 0 Å². The minimum Gasteiger partial charge on any atom is -0.465 e. The Balaban J connectivity index is 2.51. The number of benzene rings is 1. The molecule has 19 heavy (non-hydrogen) atoms. The van der Waals surface area contributed by atoms with E-state index in [1.165, 1.54) is 7.11 Å². The van der Waals surface area contributed by atoms with Gasteiger partial charge < -0.3 is 4.74 Å². The lowest BCUT2D eigenvalue weighted by Crippen LogP contribution is -2.04. The maximum absolute atomic E-state index is 11.9. The Morgan fingerprint density at radius 1 is 1.21 bits per heavy atom. The number of ether oxygens (including phenoxy) is 1. The summed E-state index contributed by atoms with van der Waals surface area (Å²) in [7, 11) is 1.35. The number of carbonyl (C=O) groups excluding carboxylic acids is 1. The lowest BCUT2D eigenvalue weighted by atomic mass is 10.0. The number of rotatable bonds is 3. The molecule has 0 amide bonds. The fourth-order valence-electron chi connectivity index (χ4n) is 1.65. The van der Waals surface area contributed by atoms with Crippen molar-refractivity contribution < 1.29 is 9.53 Å². The monoisotopic (exact) mass is 273 g/mol. The molecule has 2 aromatic rings. The topological polar surface area (TPSA) is 39.2 Å². The third-order valence-electron chi connectivity index (χ3n) is 2.60. The van der Waals surface area contributed by atoms with E-state index >= 15 is 0 Å². The molecule has 0 radical (unpaired) electrons. The van der Waals surface area contributed by atoms with E-state index in [0.717, 1.165) is 11.1 Å². The van der Waals surface area contributed by atoms with Crippen LogP contribution in [0.5, 0.6) is 0 Å². The number of hydrogen-bond donors (Lipinski definition) is 0. The van der Waals surface area contributed by atoms with Crippen molar-refractivity contribution in [1.82, 2.24) is 4.98 Å². The predicted octanol–water partition coefficient (Wildman–Crippen LogP) is 3.45. The standard InChI is InChI=1S/C15H12ClNO2/c1-19-15(18)13(11-6-8-17-9-7-11)10-12-4-2-3-5-14(12)16/h2-10H,1H3/b13-10-. The van der Waals surface area contributed by atoms with Crippen LogP contribution in [0.1, 0.15) is 11.1 Å². The van der Waals surface area contributed by atoms with E-state index < -0.39 is 5.97 Å². The zero-order valence-electron chi connectivity index (χ0n) is 10.3. The van der Waals surface area contributed by atoms with Gasteiger partial charge in [0, 0.05) is 17.4 Å². The summed E-state index contributed by atoms with van der Waals surface area (Å²) in [6.07, 6.45) is 4.96. The molecule has 0 N–H and O–H groups in total. The van der Waals surface area contributed by atoms with Crippen LogP contribution in [0.2, 0.25) is 5.02 Å². The van der Waals surface area contributed by atoms with Gasteiger partial charge in [-0.15, -0.1) is 0 Å². The van der Waals surface area contributed by atoms with Gasteiger partial charge in [0.25, 0.3) is 0 Å². The van der Waals surface area contributed by atoms with Crippen molar-refractivity contribution in [3.05, 3.63) is 64.9 Å². The average Bonchev–Trinajstić information content (AvgIpc) is 2.46. The van der Waals surface area contributed by atoms with E-state index in [9.17, 15) is 4.79 Å². The molecular weight excluding hydrogens is 262 g/mol. The second-order valence-corrected chi connectivity index (χ2v) is 4.21. The Morgan fingerprint density at radius 3 is 2.53 bits per heavy atom. The van der Waals surface area contributed by atoms with Gasteiger partial charge >= 0.3 is 5.97 Å². The molecule has 1 aromatic carbocycles. The summed E-state index contributed by atoms with van der Waals surface area (Å²) in [5.74, 6) is -0.411. The van der Waals surface area contributed by atoms with Gasteiger partial charge in [-0.2, -0.15) is 0 Å². The van der Waals surface area contributed by atoms with Gasteiger partial charge in [-0.3, -0.25) is 4.98 Å². The Morgan fingerprint density at radius 2 is 1.89 bits per heavy atom. The lowest BCUT2D eigenvalue weighted by Gasteiger charge is -2.06. The predicted molar refractivity (Wildman–Crippen MR) is 75.6 cm³/mol. The second-order valence-electron chi connectivity index (χ2n) is 3.81. The van der Waals surface area contributed by atoms with Gasteiger partial charge in [-0.25, -0.2) is 4.79 Å². The Hall–Kier alpha value is -2.13. The molecule has 0 saturated carbocycles. The highest BCUT2D eigenvalue weighted by molar-refractivity contribution is 6.33. The van der Waals surface area contributed by atoms with Crippen LogP contribution < -0.4 is 0 Å². The molecule has 0 unspecified atom stereocenters. The molecule has 2 rings (SSSR count). The zero-order valence-corrected chi connectivity index (χ0v) is 11.1. The summed E-state index contributed by atoms with van der Waals surface area (Å²) < 4.78 is 4.81. The van der Waals surface area contributed by atoms with Crippen molar-refractivity contribution in [3.8, 4) is 0 Å². The largest absolute Gasteiger partial charge is 0.465 e. The highest BCUT2D eigenvalue weighted by Crippen LogP contribution is 2.23. The quantitative estimate of drug-likeness (QED) is 0.635. The van der Waals surface area contributed by atoms with E-state index in [1.807, 2.05) is 18.2 Å². The first-order chi connectivity index (χ1) is 9.22. The molecule has 1 aromatic heterocycles. The molecule has 0 fully saturated rings. The number of halogens is 1. The van der Waals surface area contributed by atoms with Crippen LogP contribution in [0.4, 0.5) is 0 Å². The Labute approximate surface area is 116 Å². The Bertz CT molecular complexity index is 609. The Kier molecular flexibility index (Phi) is 4.31. The van der Waals surface area contributed by atoms with E-state index in [4.69, 9.17) is 16.3 Å². The summed E-state index contributed by atoms with van der Waals surface area (Å²) in [6, 6.07) is 10.8. The maximum atomic E-state index is 11.9. The molecule has 0 aliphatic carbocycles. The molecule has 0 atom stereocenters. The van der Waals surface area contributed by atoms with Crippen molar-refractivity contribution in [2.24, 2.45) is 0 Å². The second kappa shape index (κ2) is 6.16. The maximum Gasteiger partial charge on any atom is 0.338 e. The van der Waals surface area contributed by atoms with Gasteiger partial charge in [0.15, 0.2) is 0 Å². The van der Waals surface area contributed by atoms with Crippen LogP contribution >= 0.6 is 11.6 Å². The smallest absolute Gasteiger partial charge is 0.338 e. The van der Waals surface area contributed by atoms with Crippen LogP contribution in [0.15, 0.2) is 48.8 Å². The van der Waals surface area contributed by atoms with E-state index in [0.29, 0.717) is 10.6 Å². The number of esters is 1. The van der Waals surface area contributed by atoms with E-state index in [1.54, 1.807) is 36.7 Å². The molecule has 4 heteroatoms. The van der Waals surface area contributed by atoms with Gasteiger partial charge in [-0.1, -0.05) is 29.8 Å². The molecular formula is C15H12ClNO2. The summed E-state index contributed by atoms with van der Waals surface area (Å²) >= 11 is 6.09. The minimum absolute atomic E-state index is 0.411. The first-order valence-corrected chi connectivity index (χ1v) is 6.05. The summed E-state index contributed by atoms with van der Waals surface area (Å²) in [5, 5.41) is 0.581. The lowest BCUT2D eigenvalue weighted by molar-refractivity contribution is -0.133. The van der Waals surface area contributed by atoms with Crippen LogP contribution in [0, 0.1) is 0 Å². The average molecular weight is 274 g/mol. The third kappa shape index (κ3) is 3.20. The molecule has 0 aliphatic rings. The van der Waals surface area contributed by atoms with Crippen LogP contribution in [-0.2, 0) is 9.53 Å². The fraction of sp³-hybridized carbons (Fsp3) is 0.0667. The third-order valence-corrected chi connectivity index (χ3v) is 2.95. The van der Waals surface area contributed by atoms with E-state index in [-0.39, 0.29) is 0 Å². The molecule has 3 nitrogen and oxygen atoms in total. The van der Waals surface area contributed by atoms with Crippen LogP contribution in [0.25, 0.3) is 11.6 Å². The van der Waals surface area contributed by atoms with Crippen LogP contribution in [-0.4, -0.2) is 18.1 Å². The summed E-state index contributed by atoms with van der Waals surface area (Å²) in [6.45, 7) is 0. The van der Waals surface area contributed by atoms with Gasteiger partial charge in [0.2, 0.25) is 0 Å². The molecule has 0 saturated heterocycles. The number of nitrogens with zero attached hydrogens (tertiary/aromatic N) is 1. The first-order valence-electron chi connectivity index (χ1n) is 5.67. The number of pyridine rings is 1. The molecule has 1 heterocycles. The van der Waals surface area contributed by atoms with Crippen molar-refractivity contribution in [2.75, 3.05) is 7.11 Å². The first kappa shape index (κ1) is 13.3. The molecule has 0 bridgehead atoms. The normalized spacial score (nSPS) is 11.2. The highest BCUT2D eigenvalue weighted by Gasteiger charge is 2.12. The van der Waals surface area contributed by atoms with Crippen molar-refractivity contribution in [1.29, 1.82) is 0 Å². The zero-order chi connectivity index (χ0) is 13.7. The number of carbonyl (C=O) groups is 1. The van der Waals surface area contributed by atoms with Crippen molar-refractivity contribution in [3.63, 3.8) is 0 Å². The SMILES string of the molecule is COC(=O)/C(=C\c1ccccc1Cl)c1ccncc1. The number of aromatic nitrogens is 1. The van der Waals surface area contributed by atoms with Gasteiger partial charge in [0.05, 0.1) is 12.7 Å². The number of hydrogen-bond acceptors (Lipinski definition) is 3. The molecule has 0 spiro atoms. The van der Waals surface area contributed by atoms with Crippen molar-refractivity contribution >= 4 is 29.2 Å². The van der Waals surface area contributed by atoms with Crippen LogP contribution in [0.3, 0.4) is 0 Å². The highest BCUT2D eigenvalue weighted by atomic mass is 35.5. The fourth-order valence-corrected chi connectivity index (χ4v) is 1.84. The summed E-state index contributed by atoms with van der Waals surface area (Å²) in [4.78, 5) is 15.8. The van der Waals surface area contributed by atoms with E-state index in [2.05, 4.69) is 4.98 Å². The van der Waals surface area contributed by atoms with Crippen molar-refractivity contribution in [2.45, 2.75) is 0 Å². The molecule has 0 aliphatic heterocycles. The minimum atomic E-state index is -0.411. The van der Waals surface area contributed by atoms with Gasteiger partial charge in [-0.05, 0) is 35.4 Å². The molecule has 96 valence electrons.